The molecule has 84 valence electrons. The second-order valence-corrected chi connectivity index (χ2v) is 4.11. The summed E-state index contributed by atoms with van der Waals surface area (Å²) in [6.45, 7) is 2.50. The molecule has 5 heteroatoms. The van der Waals surface area contributed by atoms with Crippen LogP contribution in [0.4, 0.5) is 0 Å². The van der Waals surface area contributed by atoms with E-state index in [0.717, 1.165) is 25.8 Å². The number of carbonyl (C=O) groups excluding carboxylic acids is 2. The van der Waals surface area contributed by atoms with Crippen molar-refractivity contribution in [3.05, 3.63) is 0 Å². The summed E-state index contributed by atoms with van der Waals surface area (Å²) < 4.78 is 0. The first-order valence-electron chi connectivity index (χ1n) is 5.56. The second-order valence-electron chi connectivity index (χ2n) is 4.11. The van der Waals surface area contributed by atoms with Crippen molar-refractivity contribution in [2.45, 2.75) is 25.3 Å². The zero-order valence-corrected chi connectivity index (χ0v) is 8.79. The van der Waals surface area contributed by atoms with Gasteiger partial charge in [-0.1, -0.05) is 0 Å². The average Bonchev–Trinajstić information content (AvgIpc) is 2.67. The largest absolute Gasteiger partial charge is 0.354 e. The zero-order chi connectivity index (χ0) is 10.7. The number of hydrogen-bond donors (Lipinski definition) is 2. The van der Waals surface area contributed by atoms with Crippen molar-refractivity contribution in [2.75, 3.05) is 26.2 Å². The molecule has 0 aromatic carbocycles. The molecule has 1 atom stereocenters. The Hall–Kier alpha value is -1.10. The highest BCUT2D eigenvalue weighted by atomic mass is 16.2. The maximum atomic E-state index is 12.0. The lowest BCUT2D eigenvalue weighted by molar-refractivity contribution is -0.136. The molecule has 0 radical (unpaired) electrons. The van der Waals surface area contributed by atoms with Crippen molar-refractivity contribution >= 4 is 11.8 Å². The number of nitrogens with one attached hydrogen (secondary N) is 2. The molecule has 2 heterocycles. The van der Waals surface area contributed by atoms with Crippen LogP contribution in [-0.2, 0) is 9.59 Å². The minimum absolute atomic E-state index is 0.0427. The highest BCUT2D eigenvalue weighted by Gasteiger charge is 2.28. The van der Waals surface area contributed by atoms with Crippen molar-refractivity contribution in [1.29, 1.82) is 0 Å². The second kappa shape index (κ2) is 4.61. The van der Waals surface area contributed by atoms with Crippen LogP contribution in [0.5, 0.6) is 0 Å². The first-order valence-corrected chi connectivity index (χ1v) is 5.56. The summed E-state index contributed by atoms with van der Waals surface area (Å²) in [4.78, 5) is 24.9. The fourth-order valence-corrected chi connectivity index (χ4v) is 2.11. The zero-order valence-electron chi connectivity index (χ0n) is 8.79. The fraction of sp³-hybridized carbons (Fsp3) is 0.800. The molecule has 2 saturated heterocycles. The van der Waals surface area contributed by atoms with Gasteiger partial charge in [-0.3, -0.25) is 9.59 Å². The van der Waals surface area contributed by atoms with Crippen LogP contribution in [0.2, 0.25) is 0 Å². The van der Waals surface area contributed by atoms with E-state index in [0.29, 0.717) is 13.1 Å². The van der Waals surface area contributed by atoms with E-state index in [-0.39, 0.29) is 24.4 Å². The Morgan fingerprint density at radius 2 is 2.20 bits per heavy atom. The van der Waals surface area contributed by atoms with Crippen molar-refractivity contribution in [2.24, 2.45) is 0 Å². The molecular formula is C10H17N3O2. The standard InChI is InChI=1S/C10H17N3O2/c14-9-7-13(6-2-5-12-9)10(15)8-3-1-4-11-8/h8,11H,1-7H2,(H,12,14)/t8-/m0/s1. The SMILES string of the molecule is O=C1CN(C(=O)[C@@H]2CCCN2)CCCN1. The first kappa shape index (κ1) is 10.4. The first-order chi connectivity index (χ1) is 7.27. The number of nitrogens with zero attached hydrogens (tertiary/aromatic N) is 1. The fourth-order valence-electron chi connectivity index (χ4n) is 2.11. The Morgan fingerprint density at radius 1 is 1.33 bits per heavy atom. The quantitative estimate of drug-likeness (QED) is 0.590. The molecule has 2 amide bonds. The molecule has 2 fully saturated rings. The van der Waals surface area contributed by atoms with Crippen molar-refractivity contribution in [3.8, 4) is 0 Å². The van der Waals surface area contributed by atoms with Gasteiger partial charge in [0.1, 0.15) is 0 Å². The van der Waals surface area contributed by atoms with Crippen LogP contribution in [0, 0.1) is 0 Å². The van der Waals surface area contributed by atoms with Crippen molar-refractivity contribution in [3.63, 3.8) is 0 Å². The molecule has 2 aliphatic heterocycles. The minimum Gasteiger partial charge on any atom is -0.354 e. The van der Waals surface area contributed by atoms with Gasteiger partial charge in [-0.05, 0) is 25.8 Å². The van der Waals surface area contributed by atoms with Crippen LogP contribution in [0.3, 0.4) is 0 Å². The summed E-state index contributed by atoms with van der Waals surface area (Å²) >= 11 is 0. The Bertz CT molecular complexity index is 261. The van der Waals surface area contributed by atoms with Gasteiger partial charge in [0.2, 0.25) is 11.8 Å². The van der Waals surface area contributed by atoms with Gasteiger partial charge in [0.25, 0.3) is 0 Å². The van der Waals surface area contributed by atoms with Gasteiger partial charge in [0.15, 0.2) is 0 Å². The van der Waals surface area contributed by atoms with Gasteiger partial charge < -0.3 is 15.5 Å². The summed E-state index contributed by atoms with van der Waals surface area (Å²) in [6.07, 6.45) is 2.80. The summed E-state index contributed by atoms with van der Waals surface area (Å²) in [5.74, 6) is 0.0448. The van der Waals surface area contributed by atoms with Gasteiger partial charge in [-0.25, -0.2) is 0 Å². The summed E-state index contributed by atoms with van der Waals surface area (Å²) in [6, 6.07) is -0.0594. The maximum absolute atomic E-state index is 12.0. The van der Waals surface area contributed by atoms with E-state index in [1.54, 1.807) is 4.90 Å². The van der Waals surface area contributed by atoms with Crippen LogP contribution in [0.1, 0.15) is 19.3 Å². The molecule has 2 N–H and O–H groups in total. The van der Waals surface area contributed by atoms with E-state index in [1.807, 2.05) is 0 Å². The molecule has 2 aliphatic rings. The monoisotopic (exact) mass is 211 g/mol. The highest BCUT2D eigenvalue weighted by Crippen LogP contribution is 2.09. The van der Waals surface area contributed by atoms with Crippen LogP contribution in [-0.4, -0.2) is 48.9 Å². The lowest BCUT2D eigenvalue weighted by Gasteiger charge is -2.22. The highest BCUT2D eigenvalue weighted by molar-refractivity contribution is 5.88. The van der Waals surface area contributed by atoms with E-state index in [1.165, 1.54) is 0 Å². The molecule has 0 bridgehead atoms. The predicted octanol–water partition coefficient (Wildman–Crippen LogP) is -0.913. The molecule has 2 rings (SSSR count). The Morgan fingerprint density at radius 3 is 2.93 bits per heavy atom. The molecule has 0 aromatic heterocycles. The predicted molar refractivity (Wildman–Crippen MR) is 55.2 cm³/mol. The van der Waals surface area contributed by atoms with Gasteiger partial charge in [0.05, 0.1) is 12.6 Å². The molecule has 0 aromatic rings. The summed E-state index contributed by atoms with van der Waals surface area (Å²) in [7, 11) is 0. The molecule has 0 unspecified atom stereocenters. The summed E-state index contributed by atoms with van der Waals surface area (Å²) in [5, 5.41) is 5.93. The maximum Gasteiger partial charge on any atom is 0.240 e. The minimum atomic E-state index is -0.0594. The Labute approximate surface area is 89.2 Å². The smallest absolute Gasteiger partial charge is 0.240 e. The van der Waals surface area contributed by atoms with Gasteiger partial charge in [-0.2, -0.15) is 0 Å². The number of rotatable bonds is 1. The van der Waals surface area contributed by atoms with Gasteiger partial charge in [0, 0.05) is 13.1 Å². The van der Waals surface area contributed by atoms with E-state index < -0.39 is 0 Å². The van der Waals surface area contributed by atoms with Crippen LogP contribution in [0.15, 0.2) is 0 Å². The lowest BCUT2D eigenvalue weighted by atomic mass is 10.2. The molecule has 5 nitrogen and oxygen atoms in total. The van der Waals surface area contributed by atoms with E-state index in [2.05, 4.69) is 10.6 Å². The van der Waals surface area contributed by atoms with E-state index in [4.69, 9.17) is 0 Å². The van der Waals surface area contributed by atoms with E-state index in [9.17, 15) is 9.59 Å². The van der Waals surface area contributed by atoms with Gasteiger partial charge >= 0.3 is 0 Å². The van der Waals surface area contributed by atoms with Crippen LogP contribution < -0.4 is 10.6 Å². The third kappa shape index (κ3) is 2.47. The molecule has 0 aliphatic carbocycles. The Balaban J connectivity index is 1.95. The third-order valence-corrected chi connectivity index (χ3v) is 2.93. The normalized spacial score (nSPS) is 27.3. The van der Waals surface area contributed by atoms with E-state index >= 15 is 0 Å². The molecule has 0 spiro atoms. The number of carbonyl (C=O) groups is 2. The lowest BCUT2D eigenvalue weighted by Crippen LogP contribution is -2.46. The van der Waals surface area contributed by atoms with Crippen molar-refractivity contribution in [1.82, 2.24) is 15.5 Å². The van der Waals surface area contributed by atoms with Crippen LogP contribution >= 0.6 is 0 Å². The number of amides is 2. The van der Waals surface area contributed by atoms with Gasteiger partial charge in [-0.15, -0.1) is 0 Å². The molecule has 0 saturated carbocycles. The Kier molecular flexibility index (Phi) is 3.20. The molecular weight excluding hydrogens is 194 g/mol. The molecule has 15 heavy (non-hydrogen) atoms. The third-order valence-electron chi connectivity index (χ3n) is 2.93. The van der Waals surface area contributed by atoms with Crippen LogP contribution in [0.25, 0.3) is 0 Å². The topological polar surface area (TPSA) is 61.4 Å². The van der Waals surface area contributed by atoms with Crippen molar-refractivity contribution < 1.29 is 9.59 Å². The average molecular weight is 211 g/mol. The summed E-state index contributed by atoms with van der Waals surface area (Å²) in [5.41, 5.74) is 0. The number of hydrogen-bond acceptors (Lipinski definition) is 3.